The average molecular weight is 374 g/mol. The summed E-state index contributed by atoms with van der Waals surface area (Å²) in [6.07, 6.45) is 6.98. The molecular weight excluding hydrogens is 346 g/mol. The van der Waals surface area contributed by atoms with Gasteiger partial charge in [-0.15, -0.1) is 0 Å². The summed E-state index contributed by atoms with van der Waals surface area (Å²) >= 11 is 6.03. The van der Waals surface area contributed by atoms with Crippen molar-refractivity contribution in [3.8, 4) is 0 Å². The molecule has 0 saturated carbocycles. The summed E-state index contributed by atoms with van der Waals surface area (Å²) in [7, 11) is 0. The van der Waals surface area contributed by atoms with Crippen LogP contribution in [-0.2, 0) is 11.3 Å². The summed E-state index contributed by atoms with van der Waals surface area (Å²) in [5, 5.41) is 3.89. The van der Waals surface area contributed by atoms with Crippen molar-refractivity contribution in [1.29, 1.82) is 0 Å². The van der Waals surface area contributed by atoms with E-state index in [4.69, 9.17) is 11.6 Å². The largest absolute Gasteiger partial charge is 0.355 e. The van der Waals surface area contributed by atoms with Gasteiger partial charge in [0.2, 0.25) is 5.91 Å². The van der Waals surface area contributed by atoms with Gasteiger partial charge in [-0.3, -0.25) is 9.69 Å². The summed E-state index contributed by atoms with van der Waals surface area (Å²) in [5.74, 6) is 0.255. The highest BCUT2D eigenvalue weighted by molar-refractivity contribution is 6.30. The Bertz CT molecular complexity index is 684. The van der Waals surface area contributed by atoms with Gasteiger partial charge in [0.15, 0.2) is 0 Å². The molecule has 1 aromatic heterocycles. The molecule has 0 aliphatic carbocycles. The smallest absolute Gasteiger partial charge is 0.220 e. The molecular formula is C21H28ClN3O. The van der Waals surface area contributed by atoms with Crippen LogP contribution in [0.5, 0.6) is 0 Å². The van der Waals surface area contributed by atoms with Crippen LogP contribution in [0.15, 0.2) is 48.8 Å². The standard InChI is InChI=1S/C21H28ClN3O/c1-2-25-13-5-6-20(25)15-23-21(26)14-18(16-24-11-3-4-12-24)17-7-9-19(22)10-8-17/h3-4,7-12,18,20H,2,5-6,13-16H2,1H3,(H,23,26)/t18-,20+/m1/s1. The summed E-state index contributed by atoms with van der Waals surface area (Å²) in [6, 6.07) is 12.4. The molecule has 1 fully saturated rings. The van der Waals surface area contributed by atoms with Crippen LogP contribution in [0.3, 0.4) is 0 Å². The van der Waals surface area contributed by atoms with Gasteiger partial charge in [-0.1, -0.05) is 30.7 Å². The van der Waals surface area contributed by atoms with E-state index in [0.717, 1.165) is 36.8 Å². The number of hydrogen-bond donors (Lipinski definition) is 1. The highest BCUT2D eigenvalue weighted by Crippen LogP contribution is 2.24. The van der Waals surface area contributed by atoms with Gasteiger partial charge in [-0.05, 0) is 55.8 Å². The summed E-state index contributed by atoms with van der Waals surface area (Å²) in [5.41, 5.74) is 1.15. The van der Waals surface area contributed by atoms with Gasteiger partial charge in [-0.25, -0.2) is 0 Å². The van der Waals surface area contributed by atoms with Gasteiger partial charge in [0, 0.05) is 48.9 Å². The van der Waals surface area contributed by atoms with E-state index in [2.05, 4.69) is 21.7 Å². The van der Waals surface area contributed by atoms with Gasteiger partial charge in [0.1, 0.15) is 0 Å². The van der Waals surface area contributed by atoms with Gasteiger partial charge >= 0.3 is 0 Å². The lowest BCUT2D eigenvalue weighted by molar-refractivity contribution is -0.121. The number of rotatable bonds is 8. The van der Waals surface area contributed by atoms with Crippen molar-refractivity contribution in [2.75, 3.05) is 19.6 Å². The molecule has 5 heteroatoms. The molecule has 1 N–H and O–H groups in total. The number of halogens is 1. The summed E-state index contributed by atoms with van der Waals surface area (Å²) in [6.45, 7) is 5.93. The molecule has 0 bridgehead atoms. The van der Waals surface area contributed by atoms with E-state index >= 15 is 0 Å². The van der Waals surface area contributed by atoms with Crippen LogP contribution in [0.2, 0.25) is 5.02 Å². The Hall–Kier alpha value is -1.78. The van der Waals surface area contributed by atoms with Gasteiger partial charge < -0.3 is 9.88 Å². The first-order chi connectivity index (χ1) is 12.7. The lowest BCUT2D eigenvalue weighted by Crippen LogP contribution is -2.40. The second kappa shape index (κ2) is 9.24. The molecule has 2 aromatic rings. The predicted octanol–water partition coefficient (Wildman–Crippen LogP) is 3.92. The first kappa shape index (κ1) is 19.0. The maximum Gasteiger partial charge on any atom is 0.220 e. The molecule has 2 heterocycles. The van der Waals surface area contributed by atoms with E-state index in [0.29, 0.717) is 12.5 Å². The van der Waals surface area contributed by atoms with Crippen LogP contribution in [0.1, 0.15) is 37.7 Å². The van der Waals surface area contributed by atoms with Crippen molar-refractivity contribution >= 4 is 17.5 Å². The minimum Gasteiger partial charge on any atom is -0.355 e. The maximum absolute atomic E-state index is 12.6. The van der Waals surface area contributed by atoms with Gasteiger partial charge in [0.05, 0.1) is 0 Å². The van der Waals surface area contributed by atoms with E-state index in [1.807, 2.05) is 48.8 Å². The highest BCUT2D eigenvalue weighted by Gasteiger charge is 2.24. The molecule has 3 rings (SSSR count). The molecule has 2 atom stereocenters. The van der Waals surface area contributed by atoms with Gasteiger partial charge in [-0.2, -0.15) is 0 Å². The number of carbonyl (C=O) groups excluding carboxylic acids is 1. The van der Waals surface area contributed by atoms with Crippen LogP contribution in [0, 0.1) is 0 Å². The third-order valence-electron chi connectivity index (χ3n) is 5.31. The minimum atomic E-state index is 0.125. The maximum atomic E-state index is 12.6. The molecule has 1 aliphatic rings. The number of nitrogens with zero attached hydrogens (tertiary/aromatic N) is 2. The Balaban J connectivity index is 1.61. The summed E-state index contributed by atoms with van der Waals surface area (Å²) in [4.78, 5) is 15.1. The first-order valence-electron chi connectivity index (χ1n) is 9.52. The molecule has 1 aromatic carbocycles. The van der Waals surface area contributed by atoms with Crippen molar-refractivity contribution < 1.29 is 4.79 Å². The van der Waals surface area contributed by atoms with Crippen LogP contribution >= 0.6 is 11.6 Å². The van der Waals surface area contributed by atoms with E-state index in [9.17, 15) is 4.79 Å². The van der Waals surface area contributed by atoms with Crippen molar-refractivity contribution in [2.45, 2.75) is 44.7 Å². The second-order valence-corrected chi connectivity index (χ2v) is 7.50. The third-order valence-corrected chi connectivity index (χ3v) is 5.56. The number of likely N-dealkylation sites (N-methyl/N-ethyl adjacent to an activating group) is 1. The molecule has 0 radical (unpaired) electrons. The SMILES string of the molecule is CCN1CCC[C@H]1CNC(=O)C[C@H](Cn1cccc1)c1ccc(Cl)cc1. The van der Waals surface area contributed by atoms with E-state index in [1.165, 1.54) is 12.8 Å². The number of nitrogens with one attached hydrogen (secondary N) is 1. The predicted molar refractivity (Wildman–Crippen MR) is 107 cm³/mol. The normalized spacial score (nSPS) is 18.8. The van der Waals surface area contributed by atoms with E-state index in [1.54, 1.807) is 0 Å². The zero-order chi connectivity index (χ0) is 18.4. The zero-order valence-electron chi connectivity index (χ0n) is 15.4. The number of benzene rings is 1. The fourth-order valence-corrected chi connectivity index (χ4v) is 3.97. The lowest BCUT2D eigenvalue weighted by atomic mass is 9.95. The van der Waals surface area contributed by atoms with Crippen LogP contribution in [0.4, 0.5) is 0 Å². The Labute approximate surface area is 161 Å². The van der Waals surface area contributed by atoms with E-state index in [-0.39, 0.29) is 11.8 Å². The van der Waals surface area contributed by atoms with Crippen LogP contribution < -0.4 is 5.32 Å². The second-order valence-electron chi connectivity index (χ2n) is 7.06. The first-order valence-corrected chi connectivity index (χ1v) is 9.90. The fraction of sp³-hybridized carbons (Fsp3) is 0.476. The minimum absolute atomic E-state index is 0.125. The quantitative estimate of drug-likeness (QED) is 0.761. The zero-order valence-corrected chi connectivity index (χ0v) is 16.2. The summed E-state index contributed by atoms with van der Waals surface area (Å²) < 4.78 is 2.13. The molecule has 4 nitrogen and oxygen atoms in total. The average Bonchev–Trinajstić information content (AvgIpc) is 3.31. The van der Waals surface area contributed by atoms with Crippen molar-refractivity contribution in [2.24, 2.45) is 0 Å². The molecule has 0 unspecified atom stereocenters. The van der Waals surface area contributed by atoms with Crippen molar-refractivity contribution in [3.05, 3.63) is 59.4 Å². The van der Waals surface area contributed by atoms with Crippen LogP contribution in [0.25, 0.3) is 0 Å². The monoisotopic (exact) mass is 373 g/mol. The number of aromatic nitrogens is 1. The highest BCUT2D eigenvalue weighted by atomic mass is 35.5. The molecule has 1 saturated heterocycles. The molecule has 1 amide bonds. The topological polar surface area (TPSA) is 37.3 Å². The lowest BCUT2D eigenvalue weighted by Gasteiger charge is -2.24. The van der Waals surface area contributed by atoms with Gasteiger partial charge in [0.25, 0.3) is 0 Å². The Morgan fingerprint density at radius 2 is 2.00 bits per heavy atom. The molecule has 140 valence electrons. The van der Waals surface area contributed by atoms with Crippen molar-refractivity contribution in [3.63, 3.8) is 0 Å². The van der Waals surface area contributed by atoms with E-state index < -0.39 is 0 Å². The molecule has 1 aliphatic heterocycles. The Morgan fingerprint density at radius 1 is 1.27 bits per heavy atom. The number of hydrogen-bond acceptors (Lipinski definition) is 2. The Morgan fingerprint density at radius 3 is 2.69 bits per heavy atom. The fourth-order valence-electron chi connectivity index (χ4n) is 3.84. The molecule has 26 heavy (non-hydrogen) atoms. The van der Waals surface area contributed by atoms with Crippen molar-refractivity contribution in [1.82, 2.24) is 14.8 Å². The Kier molecular flexibility index (Phi) is 6.75. The number of amides is 1. The van der Waals surface area contributed by atoms with Crippen LogP contribution in [-0.4, -0.2) is 41.1 Å². The number of likely N-dealkylation sites (tertiary alicyclic amines) is 1. The molecule has 0 spiro atoms. The third kappa shape index (κ3) is 5.12. The number of carbonyl (C=O) groups is 1.